The van der Waals surface area contributed by atoms with Gasteiger partial charge in [-0.2, -0.15) is 0 Å². The van der Waals surface area contributed by atoms with Crippen LogP contribution in [0.2, 0.25) is 5.02 Å². The Morgan fingerprint density at radius 3 is 2.96 bits per heavy atom. The fraction of sp³-hybridized carbons (Fsp3) is 0.176. The molecule has 0 aliphatic heterocycles. The van der Waals surface area contributed by atoms with Crippen molar-refractivity contribution in [3.8, 4) is 5.75 Å². The molecule has 1 N–H and O–H groups in total. The van der Waals surface area contributed by atoms with Crippen LogP contribution < -0.4 is 10.1 Å². The van der Waals surface area contributed by atoms with Gasteiger partial charge in [0.1, 0.15) is 5.75 Å². The molecule has 0 aliphatic carbocycles. The summed E-state index contributed by atoms with van der Waals surface area (Å²) in [7, 11) is 0. The van der Waals surface area contributed by atoms with Gasteiger partial charge in [0.25, 0.3) is 0 Å². The smallest absolute Gasteiger partial charge is 0.234 e. The molecule has 0 spiro atoms. The second-order valence-corrected chi connectivity index (χ2v) is 7.52. The van der Waals surface area contributed by atoms with Crippen LogP contribution in [-0.2, 0) is 4.79 Å². The minimum absolute atomic E-state index is 0.109. The van der Waals surface area contributed by atoms with Crippen LogP contribution in [0.1, 0.15) is 6.92 Å². The van der Waals surface area contributed by atoms with E-state index in [1.165, 1.54) is 11.8 Å². The summed E-state index contributed by atoms with van der Waals surface area (Å²) >= 11 is 9.00. The van der Waals surface area contributed by atoms with Crippen LogP contribution in [-0.4, -0.2) is 23.3 Å². The molecule has 1 amide bonds. The Morgan fingerprint density at radius 1 is 1.33 bits per heavy atom. The summed E-state index contributed by atoms with van der Waals surface area (Å²) in [4.78, 5) is 16.6. The number of hydrogen-bond donors (Lipinski definition) is 1. The molecule has 0 aliphatic rings. The Morgan fingerprint density at radius 2 is 2.17 bits per heavy atom. The average molecular weight is 379 g/mol. The lowest BCUT2D eigenvalue weighted by atomic mass is 10.3. The SMILES string of the molecule is CCOc1ccc2nc(SCC(=O)Nc3ccccc3Cl)sc2c1. The highest BCUT2D eigenvalue weighted by atomic mass is 35.5. The third kappa shape index (κ3) is 4.20. The third-order valence-corrected chi connectivity index (χ3v) is 5.62. The molecule has 24 heavy (non-hydrogen) atoms. The van der Waals surface area contributed by atoms with Gasteiger partial charge in [-0.15, -0.1) is 11.3 Å². The molecule has 0 bridgehead atoms. The van der Waals surface area contributed by atoms with E-state index in [0.29, 0.717) is 17.3 Å². The molecule has 3 rings (SSSR count). The molecule has 0 fully saturated rings. The van der Waals surface area contributed by atoms with Crippen LogP contribution in [0.5, 0.6) is 5.75 Å². The van der Waals surface area contributed by atoms with Gasteiger partial charge in [-0.3, -0.25) is 4.79 Å². The quantitative estimate of drug-likeness (QED) is 0.608. The predicted molar refractivity (Wildman–Crippen MR) is 102 cm³/mol. The first-order chi connectivity index (χ1) is 11.7. The molecule has 2 aromatic carbocycles. The number of thioether (sulfide) groups is 1. The van der Waals surface area contributed by atoms with Gasteiger partial charge < -0.3 is 10.1 Å². The maximum absolute atomic E-state index is 12.1. The zero-order valence-electron chi connectivity index (χ0n) is 12.9. The molecular formula is C17H15ClN2O2S2. The van der Waals surface area contributed by atoms with Gasteiger partial charge in [0.2, 0.25) is 5.91 Å². The molecule has 3 aromatic rings. The summed E-state index contributed by atoms with van der Waals surface area (Å²) in [5, 5.41) is 3.33. The number of hydrogen-bond acceptors (Lipinski definition) is 5. The molecule has 4 nitrogen and oxygen atoms in total. The number of halogens is 1. The van der Waals surface area contributed by atoms with Gasteiger partial charge >= 0.3 is 0 Å². The number of nitrogens with one attached hydrogen (secondary N) is 1. The van der Waals surface area contributed by atoms with Crippen molar-refractivity contribution in [3.05, 3.63) is 47.5 Å². The van der Waals surface area contributed by atoms with Gasteiger partial charge in [0.15, 0.2) is 4.34 Å². The average Bonchev–Trinajstić information content (AvgIpc) is 2.98. The van der Waals surface area contributed by atoms with E-state index in [1.807, 2.05) is 37.3 Å². The number of anilines is 1. The first-order valence-electron chi connectivity index (χ1n) is 7.36. The molecule has 7 heteroatoms. The third-order valence-electron chi connectivity index (χ3n) is 3.13. The van der Waals surface area contributed by atoms with Crippen molar-refractivity contribution in [2.75, 3.05) is 17.7 Å². The molecule has 0 unspecified atom stereocenters. The highest BCUT2D eigenvalue weighted by Crippen LogP contribution is 2.32. The van der Waals surface area contributed by atoms with Crippen LogP contribution in [0, 0.1) is 0 Å². The molecule has 0 saturated heterocycles. The fourth-order valence-electron chi connectivity index (χ4n) is 2.08. The van der Waals surface area contributed by atoms with E-state index in [9.17, 15) is 4.79 Å². The minimum Gasteiger partial charge on any atom is -0.494 e. The number of rotatable bonds is 6. The van der Waals surface area contributed by atoms with E-state index in [4.69, 9.17) is 16.3 Å². The van der Waals surface area contributed by atoms with Gasteiger partial charge in [-0.1, -0.05) is 35.5 Å². The fourth-order valence-corrected chi connectivity index (χ4v) is 4.16. The molecular weight excluding hydrogens is 364 g/mol. The van der Waals surface area contributed by atoms with E-state index in [1.54, 1.807) is 23.5 Å². The van der Waals surface area contributed by atoms with Crippen molar-refractivity contribution in [1.82, 2.24) is 4.98 Å². The zero-order chi connectivity index (χ0) is 16.9. The topological polar surface area (TPSA) is 51.2 Å². The number of nitrogens with zero attached hydrogens (tertiary/aromatic N) is 1. The lowest BCUT2D eigenvalue weighted by Crippen LogP contribution is -2.14. The Labute approximate surface area is 153 Å². The van der Waals surface area contributed by atoms with Gasteiger partial charge in [0.05, 0.1) is 33.3 Å². The predicted octanol–water partition coefficient (Wildman–Crippen LogP) is 5.08. The van der Waals surface area contributed by atoms with Crippen molar-refractivity contribution in [3.63, 3.8) is 0 Å². The van der Waals surface area contributed by atoms with Crippen LogP contribution in [0.25, 0.3) is 10.2 Å². The van der Waals surface area contributed by atoms with Crippen LogP contribution >= 0.6 is 34.7 Å². The molecule has 1 aromatic heterocycles. The first-order valence-corrected chi connectivity index (χ1v) is 9.54. The summed E-state index contributed by atoms with van der Waals surface area (Å²) in [5.74, 6) is 1.01. The van der Waals surface area contributed by atoms with Crippen molar-refractivity contribution >= 4 is 56.5 Å². The molecule has 1 heterocycles. The maximum Gasteiger partial charge on any atom is 0.234 e. The Balaban J connectivity index is 1.62. The number of ether oxygens (including phenoxy) is 1. The zero-order valence-corrected chi connectivity index (χ0v) is 15.3. The van der Waals surface area contributed by atoms with Crippen molar-refractivity contribution in [1.29, 1.82) is 0 Å². The van der Waals surface area contributed by atoms with E-state index in [2.05, 4.69) is 10.3 Å². The number of amides is 1. The first kappa shape index (κ1) is 17.1. The van der Waals surface area contributed by atoms with Crippen molar-refractivity contribution in [2.45, 2.75) is 11.3 Å². The molecule has 0 radical (unpaired) electrons. The molecule has 124 valence electrons. The molecule has 0 atom stereocenters. The summed E-state index contributed by atoms with van der Waals surface area (Å²) in [6.07, 6.45) is 0. The van der Waals surface area contributed by atoms with Gasteiger partial charge in [0, 0.05) is 0 Å². The number of aromatic nitrogens is 1. The van der Waals surface area contributed by atoms with Crippen LogP contribution in [0.4, 0.5) is 5.69 Å². The van der Waals surface area contributed by atoms with Crippen LogP contribution in [0.3, 0.4) is 0 Å². The Hall–Kier alpha value is -1.76. The number of fused-ring (bicyclic) bond motifs is 1. The van der Waals surface area contributed by atoms with E-state index >= 15 is 0 Å². The summed E-state index contributed by atoms with van der Waals surface area (Å²) in [6, 6.07) is 13.0. The largest absolute Gasteiger partial charge is 0.494 e. The summed E-state index contributed by atoms with van der Waals surface area (Å²) in [6.45, 7) is 2.59. The van der Waals surface area contributed by atoms with E-state index in [-0.39, 0.29) is 11.7 Å². The highest BCUT2D eigenvalue weighted by molar-refractivity contribution is 8.01. The number of thiazole rings is 1. The highest BCUT2D eigenvalue weighted by Gasteiger charge is 2.10. The Kier molecular flexibility index (Phi) is 5.60. The van der Waals surface area contributed by atoms with Gasteiger partial charge in [-0.05, 0) is 37.3 Å². The van der Waals surface area contributed by atoms with Crippen molar-refractivity contribution in [2.24, 2.45) is 0 Å². The summed E-state index contributed by atoms with van der Waals surface area (Å²) < 4.78 is 7.40. The van der Waals surface area contributed by atoms with E-state index < -0.39 is 0 Å². The minimum atomic E-state index is -0.109. The standard InChI is InChI=1S/C17H15ClN2O2S2/c1-2-22-11-7-8-14-15(9-11)24-17(20-14)23-10-16(21)19-13-6-4-3-5-12(13)18/h3-9H,2,10H2,1H3,(H,19,21). The lowest BCUT2D eigenvalue weighted by Gasteiger charge is -2.05. The lowest BCUT2D eigenvalue weighted by molar-refractivity contribution is -0.113. The maximum atomic E-state index is 12.1. The van der Waals surface area contributed by atoms with Crippen LogP contribution in [0.15, 0.2) is 46.8 Å². The van der Waals surface area contributed by atoms with Gasteiger partial charge in [-0.25, -0.2) is 4.98 Å². The number of carbonyl (C=O) groups is 1. The van der Waals surface area contributed by atoms with E-state index in [0.717, 1.165) is 20.3 Å². The number of carbonyl (C=O) groups excluding carboxylic acids is 1. The van der Waals surface area contributed by atoms with Crippen molar-refractivity contribution < 1.29 is 9.53 Å². The second kappa shape index (κ2) is 7.88. The second-order valence-electron chi connectivity index (χ2n) is 4.86. The summed E-state index contributed by atoms with van der Waals surface area (Å²) in [5.41, 5.74) is 1.54. The monoisotopic (exact) mass is 378 g/mol. The number of benzene rings is 2. The Bertz CT molecular complexity index is 867. The normalized spacial score (nSPS) is 10.8. The number of para-hydroxylation sites is 1. The molecule has 0 saturated carbocycles.